The molecular formula is C27H36ClN5O2S. The van der Waals surface area contributed by atoms with Gasteiger partial charge in [0.2, 0.25) is 5.91 Å². The summed E-state index contributed by atoms with van der Waals surface area (Å²) in [6.07, 6.45) is 3.34. The van der Waals surface area contributed by atoms with Gasteiger partial charge in [0.25, 0.3) is 5.91 Å². The van der Waals surface area contributed by atoms with Gasteiger partial charge in [-0.3, -0.25) is 9.59 Å². The first kappa shape index (κ1) is 26.7. The fourth-order valence-electron chi connectivity index (χ4n) is 4.72. The Labute approximate surface area is 223 Å². The van der Waals surface area contributed by atoms with E-state index in [0.717, 1.165) is 31.7 Å². The van der Waals surface area contributed by atoms with Gasteiger partial charge in [-0.15, -0.1) is 0 Å². The normalized spacial score (nSPS) is 18.9. The van der Waals surface area contributed by atoms with Crippen LogP contribution >= 0.6 is 23.4 Å². The number of hydrogen-bond acceptors (Lipinski definition) is 6. The van der Waals surface area contributed by atoms with E-state index >= 15 is 0 Å². The van der Waals surface area contributed by atoms with Gasteiger partial charge in [-0.05, 0) is 49.3 Å². The number of rotatable bonds is 5. The van der Waals surface area contributed by atoms with Gasteiger partial charge in [0.1, 0.15) is 11.0 Å². The summed E-state index contributed by atoms with van der Waals surface area (Å²) < 4.78 is 0. The third-order valence-electron chi connectivity index (χ3n) is 6.90. The van der Waals surface area contributed by atoms with E-state index in [-0.39, 0.29) is 23.3 Å². The summed E-state index contributed by atoms with van der Waals surface area (Å²) in [4.78, 5) is 40.8. The first-order valence-electron chi connectivity index (χ1n) is 12.7. The van der Waals surface area contributed by atoms with Crippen LogP contribution in [0.3, 0.4) is 0 Å². The zero-order chi connectivity index (χ0) is 25.9. The molecule has 0 radical (unpaired) electrons. The monoisotopic (exact) mass is 529 g/mol. The van der Waals surface area contributed by atoms with Crippen molar-refractivity contribution < 1.29 is 9.59 Å². The molecule has 4 rings (SSSR count). The molecule has 9 heteroatoms. The van der Waals surface area contributed by atoms with Crippen LogP contribution in [0.2, 0.25) is 5.15 Å². The summed E-state index contributed by atoms with van der Waals surface area (Å²) in [5.41, 5.74) is 1.98. The number of aromatic nitrogens is 2. The van der Waals surface area contributed by atoms with Crippen LogP contribution in [0.4, 0.5) is 5.82 Å². The number of likely N-dealkylation sites (tertiary alicyclic amines) is 1. The number of piperazine rings is 1. The highest BCUT2D eigenvalue weighted by molar-refractivity contribution is 7.99. The maximum absolute atomic E-state index is 13.2. The summed E-state index contributed by atoms with van der Waals surface area (Å²) in [6, 6.07) is 9.73. The highest BCUT2D eigenvalue weighted by Gasteiger charge is 2.29. The fourth-order valence-corrected chi connectivity index (χ4v) is 5.70. The van der Waals surface area contributed by atoms with Crippen molar-refractivity contribution in [1.82, 2.24) is 19.8 Å². The zero-order valence-electron chi connectivity index (χ0n) is 21.7. The van der Waals surface area contributed by atoms with E-state index in [1.807, 2.05) is 34.1 Å². The maximum Gasteiger partial charge on any atom is 0.254 e. The SMILES string of the molecule is CC1CN(c2cc(Cl)nc(SCC(=O)N3CCCCC3)n2)CCN1C(=O)c1ccc(C(C)(C)C)cc1. The molecule has 36 heavy (non-hydrogen) atoms. The molecule has 2 aliphatic heterocycles. The van der Waals surface area contributed by atoms with Crippen molar-refractivity contribution >= 4 is 41.0 Å². The van der Waals surface area contributed by atoms with Crippen LogP contribution in [0.1, 0.15) is 62.9 Å². The maximum atomic E-state index is 13.2. The number of amides is 2. The Balaban J connectivity index is 1.37. The molecule has 1 aromatic heterocycles. The topological polar surface area (TPSA) is 69.6 Å². The Morgan fingerprint density at radius 2 is 1.72 bits per heavy atom. The highest BCUT2D eigenvalue weighted by atomic mass is 35.5. The molecule has 0 aliphatic carbocycles. The lowest BCUT2D eigenvalue weighted by molar-refractivity contribution is -0.129. The number of thioether (sulfide) groups is 1. The Bertz CT molecular complexity index is 1080. The van der Waals surface area contributed by atoms with Gasteiger partial charge in [-0.25, -0.2) is 9.97 Å². The van der Waals surface area contributed by atoms with E-state index in [2.05, 4.69) is 42.6 Å². The molecule has 0 N–H and O–H groups in total. The van der Waals surface area contributed by atoms with Crippen molar-refractivity contribution in [3.05, 3.63) is 46.6 Å². The Morgan fingerprint density at radius 1 is 1.03 bits per heavy atom. The molecule has 0 spiro atoms. The zero-order valence-corrected chi connectivity index (χ0v) is 23.2. The van der Waals surface area contributed by atoms with E-state index in [4.69, 9.17) is 11.6 Å². The summed E-state index contributed by atoms with van der Waals surface area (Å²) in [5.74, 6) is 1.22. The van der Waals surface area contributed by atoms with Crippen molar-refractivity contribution in [2.45, 2.75) is 63.6 Å². The van der Waals surface area contributed by atoms with Crippen LogP contribution in [0.25, 0.3) is 0 Å². The summed E-state index contributed by atoms with van der Waals surface area (Å²) >= 11 is 7.65. The lowest BCUT2D eigenvalue weighted by Crippen LogP contribution is -2.54. The second kappa shape index (κ2) is 11.4. The van der Waals surface area contributed by atoms with Gasteiger partial charge >= 0.3 is 0 Å². The average molecular weight is 530 g/mol. The minimum absolute atomic E-state index is 0.0130. The predicted molar refractivity (Wildman–Crippen MR) is 146 cm³/mol. The summed E-state index contributed by atoms with van der Waals surface area (Å²) in [7, 11) is 0. The van der Waals surface area contributed by atoms with Crippen LogP contribution in [-0.4, -0.2) is 76.1 Å². The Morgan fingerprint density at radius 3 is 2.36 bits per heavy atom. The molecular weight excluding hydrogens is 494 g/mol. The van der Waals surface area contributed by atoms with Gasteiger partial charge in [-0.1, -0.05) is 56.3 Å². The summed E-state index contributed by atoms with van der Waals surface area (Å²) in [5, 5.41) is 0.867. The second-order valence-corrected chi connectivity index (χ2v) is 12.0. The highest BCUT2D eigenvalue weighted by Crippen LogP contribution is 2.26. The van der Waals surface area contributed by atoms with Crippen LogP contribution in [0.15, 0.2) is 35.5 Å². The molecule has 2 amide bonds. The van der Waals surface area contributed by atoms with Crippen LogP contribution < -0.4 is 4.90 Å². The van der Waals surface area contributed by atoms with Crippen molar-refractivity contribution in [3.8, 4) is 0 Å². The Hall–Kier alpha value is -2.32. The number of carbonyl (C=O) groups excluding carboxylic acids is 2. The fraction of sp³-hybridized carbons (Fsp3) is 0.556. The quantitative estimate of drug-likeness (QED) is 0.312. The number of anilines is 1. The molecule has 2 fully saturated rings. The molecule has 0 saturated carbocycles. The first-order chi connectivity index (χ1) is 17.1. The molecule has 2 aliphatic rings. The Kier molecular flexibility index (Phi) is 8.45. The van der Waals surface area contributed by atoms with Crippen LogP contribution in [0, 0.1) is 0 Å². The third kappa shape index (κ3) is 6.51. The second-order valence-electron chi connectivity index (χ2n) is 10.7. The molecule has 194 valence electrons. The van der Waals surface area contributed by atoms with Gasteiger partial charge < -0.3 is 14.7 Å². The number of benzene rings is 1. The lowest BCUT2D eigenvalue weighted by Gasteiger charge is -2.40. The van der Waals surface area contributed by atoms with Gasteiger partial charge in [0, 0.05) is 50.4 Å². The van der Waals surface area contributed by atoms with Crippen molar-refractivity contribution in [2.75, 3.05) is 43.4 Å². The van der Waals surface area contributed by atoms with Gasteiger partial charge in [0.15, 0.2) is 5.16 Å². The first-order valence-corrected chi connectivity index (χ1v) is 14.1. The minimum Gasteiger partial charge on any atom is -0.353 e. The predicted octanol–water partition coefficient (Wildman–Crippen LogP) is 4.88. The minimum atomic E-state index is 0.0130. The average Bonchev–Trinajstić information content (AvgIpc) is 2.86. The molecule has 7 nitrogen and oxygen atoms in total. The molecule has 1 atom stereocenters. The van der Waals surface area contributed by atoms with E-state index in [1.54, 1.807) is 6.07 Å². The number of carbonyl (C=O) groups is 2. The van der Waals surface area contributed by atoms with E-state index in [0.29, 0.717) is 41.3 Å². The van der Waals surface area contributed by atoms with Gasteiger partial charge in [0.05, 0.1) is 5.75 Å². The molecule has 1 aromatic carbocycles. The van der Waals surface area contributed by atoms with Crippen molar-refractivity contribution in [2.24, 2.45) is 0 Å². The number of halogens is 1. The number of piperidine rings is 1. The van der Waals surface area contributed by atoms with E-state index in [9.17, 15) is 9.59 Å². The van der Waals surface area contributed by atoms with Crippen LogP contribution in [-0.2, 0) is 10.2 Å². The number of nitrogens with zero attached hydrogens (tertiary/aromatic N) is 5. The van der Waals surface area contributed by atoms with Crippen molar-refractivity contribution in [1.29, 1.82) is 0 Å². The molecule has 2 saturated heterocycles. The molecule has 0 bridgehead atoms. The molecule has 1 unspecified atom stereocenters. The largest absolute Gasteiger partial charge is 0.353 e. The smallest absolute Gasteiger partial charge is 0.254 e. The molecule has 3 heterocycles. The third-order valence-corrected chi connectivity index (χ3v) is 7.93. The standard InChI is InChI=1S/C27H36ClN5O2S/c1-19-17-32(14-15-33(19)25(35)20-8-10-21(11-9-20)27(2,3)4)23-16-22(28)29-26(30-23)36-18-24(34)31-12-6-5-7-13-31/h8-11,16,19H,5-7,12-15,17-18H2,1-4H3. The van der Waals surface area contributed by atoms with Gasteiger partial charge in [-0.2, -0.15) is 0 Å². The van der Waals surface area contributed by atoms with E-state index in [1.165, 1.54) is 23.7 Å². The van der Waals surface area contributed by atoms with E-state index < -0.39 is 0 Å². The molecule has 2 aromatic rings. The van der Waals surface area contributed by atoms with Crippen molar-refractivity contribution in [3.63, 3.8) is 0 Å². The summed E-state index contributed by atoms with van der Waals surface area (Å²) in [6.45, 7) is 12.1. The van der Waals surface area contributed by atoms with Crippen LogP contribution in [0.5, 0.6) is 0 Å². The lowest BCUT2D eigenvalue weighted by atomic mass is 9.86. The number of hydrogen-bond donors (Lipinski definition) is 0.